The lowest BCUT2D eigenvalue weighted by Gasteiger charge is -2.45. The number of ether oxygens (including phenoxy) is 2. The number of fused-ring (bicyclic) bond motifs is 9. The molecule has 2 bridgehead atoms. The lowest BCUT2D eigenvalue weighted by molar-refractivity contribution is -0.413. The Bertz CT molecular complexity index is 1690. The minimum atomic E-state index is -4.97. The molecule has 5 heterocycles. The molecule has 41 heavy (non-hydrogen) atoms. The molecule has 0 unspecified atom stereocenters. The number of halogens is 5. The van der Waals surface area contributed by atoms with Crippen LogP contribution >= 0.6 is 0 Å². The summed E-state index contributed by atoms with van der Waals surface area (Å²) in [4.78, 5) is 27.4. The smallest absolute Gasteiger partial charge is 0.434 e. The Morgan fingerprint density at radius 1 is 1.10 bits per heavy atom. The van der Waals surface area contributed by atoms with E-state index in [9.17, 15) is 31.9 Å². The van der Waals surface area contributed by atoms with Gasteiger partial charge in [-0.15, -0.1) is 13.2 Å². The number of nitrogens with zero attached hydrogens (tertiary/aromatic N) is 5. The number of aromatic nitrogens is 4. The zero-order valence-electron chi connectivity index (χ0n) is 20.8. The van der Waals surface area contributed by atoms with Crippen LogP contribution in [0, 0.1) is 0 Å². The number of imidazole rings is 1. The topological polar surface area (TPSA) is 115 Å². The summed E-state index contributed by atoms with van der Waals surface area (Å²) >= 11 is 0. The fourth-order valence-electron chi connectivity index (χ4n) is 5.79. The van der Waals surface area contributed by atoms with Gasteiger partial charge in [0.1, 0.15) is 11.6 Å². The van der Waals surface area contributed by atoms with Crippen molar-refractivity contribution in [3.05, 3.63) is 65.7 Å². The molecule has 1 fully saturated rings. The van der Waals surface area contributed by atoms with Crippen LogP contribution in [0.15, 0.2) is 48.8 Å². The van der Waals surface area contributed by atoms with E-state index in [0.717, 1.165) is 0 Å². The van der Waals surface area contributed by atoms with Gasteiger partial charge in [0, 0.05) is 29.1 Å². The highest BCUT2D eigenvalue weighted by Crippen LogP contribution is 2.47. The average Bonchev–Trinajstić information content (AvgIpc) is 3.38. The molecule has 3 aliphatic heterocycles. The van der Waals surface area contributed by atoms with Crippen LogP contribution in [0.3, 0.4) is 0 Å². The van der Waals surface area contributed by atoms with Gasteiger partial charge in [0.05, 0.1) is 36.2 Å². The summed E-state index contributed by atoms with van der Waals surface area (Å²) in [5, 5.41) is 12.8. The van der Waals surface area contributed by atoms with Gasteiger partial charge in [0.2, 0.25) is 11.7 Å². The standard InChI is InChI=1S/C26H19F5N6O4/c27-23(28)40-19-3-1-2-14-20(19)18-7-16(35-22(14)38)21-34-15-5-4-12(6-17(15)37(18)21)13-8-32-24(33-9-13)36-10-25(39,11-36)41-26(29,30)31/h1-6,8-9,16,18,23,39H,7,10-11H2,(H,35,38)/t16-,18-/m1/s1. The van der Waals surface area contributed by atoms with E-state index in [1.165, 1.54) is 29.4 Å². The van der Waals surface area contributed by atoms with Crippen molar-refractivity contribution in [2.24, 2.45) is 0 Å². The number of β-amino-alcohol motifs (C(OH)–C–C–N with tert-alkyl or cyclic N) is 1. The zero-order chi connectivity index (χ0) is 28.7. The van der Waals surface area contributed by atoms with E-state index in [2.05, 4.69) is 20.0 Å². The number of anilines is 1. The monoisotopic (exact) mass is 574 g/mol. The Morgan fingerprint density at radius 3 is 2.56 bits per heavy atom. The first-order chi connectivity index (χ1) is 19.5. The van der Waals surface area contributed by atoms with Gasteiger partial charge < -0.3 is 24.6 Å². The predicted octanol–water partition coefficient (Wildman–Crippen LogP) is 3.92. The molecule has 2 aromatic heterocycles. The van der Waals surface area contributed by atoms with Crippen LogP contribution < -0.4 is 15.0 Å². The van der Waals surface area contributed by atoms with Gasteiger partial charge in [0.15, 0.2) is 0 Å². The van der Waals surface area contributed by atoms with Crippen LogP contribution in [0.5, 0.6) is 5.75 Å². The summed E-state index contributed by atoms with van der Waals surface area (Å²) in [6.45, 7) is -3.96. The molecule has 2 aromatic carbocycles. The molecule has 10 nitrogen and oxygen atoms in total. The summed E-state index contributed by atoms with van der Waals surface area (Å²) < 4.78 is 74.4. The molecule has 2 N–H and O–H groups in total. The number of amides is 1. The van der Waals surface area contributed by atoms with Crippen LogP contribution in [-0.2, 0) is 4.74 Å². The highest BCUT2D eigenvalue weighted by molar-refractivity contribution is 5.98. The van der Waals surface area contributed by atoms with Crippen molar-refractivity contribution in [1.82, 2.24) is 24.8 Å². The van der Waals surface area contributed by atoms with E-state index in [1.54, 1.807) is 18.2 Å². The molecule has 4 aromatic rings. The van der Waals surface area contributed by atoms with E-state index < -0.39 is 49.8 Å². The maximum atomic E-state index is 13.2. The van der Waals surface area contributed by atoms with E-state index in [4.69, 9.17) is 9.72 Å². The Kier molecular flexibility index (Phi) is 5.50. The summed E-state index contributed by atoms with van der Waals surface area (Å²) in [6, 6.07) is 8.97. The van der Waals surface area contributed by atoms with Gasteiger partial charge in [-0.1, -0.05) is 12.1 Å². The summed E-state index contributed by atoms with van der Waals surface area (Å²) in [7, 11) is 0. The van der Waals surface area contributed by atoms with Crippen molar-refractivity contribution in [1.29, 1.82) is 0 Å². The molecule has 7 rings (SSSR count). The van der Waals surface area contributed by atoms with E-state index >= 15 is 0 Å². The number of carbonyl (C=O) groups excluding carboxylic acids is 1. The first-order valence-corrected chi connectivity index (χ1v) is 12.5. The number of benzene rings is 2. The van der Waals surface area contributed by atoms with Crippen molar-refractivity contribution in [2.75, 3.05) is 18.0 Å². The van der Waals surface area contributed by atoms with Gasteiger partial charge >= 0.3 is 13.0 Å². The fourth-order valence-corrected chi connectivity index (χ4v) is 5.79. The van der Waals surface area contributed by atoms with Crippen LogP contribution in [0.25, 0.3) is 22.2 Å². The summed E-state index contributed by atoms with van der Waals surface area (Å²) in [5.41, 5.74) is 3.23. The first kappa shape index (κ1) is 25.6. The SMILES string of the molecule is O=C1N[C@@H]2C[C@H](c3c(OC(F)F)cccc31)n1c2nc2ccc(-c3cnc(N4CC(O)(OC(F)(F)F)C4)nc3)cc21. The molecule has 2 atom stereocenters. The van der Waals surface area contributed by atoms with E-state index in [1.807, 2.05) is 10.6 Å². The summed E-state index contributed by atoms with van der Waals surface area (Å²) in [5.74, 6) is -2.12. The van der Waals surface area contributed by atoms with Gasteiger partial charge in [-0.05, 0) is 36.2 Å². The van der Waals surface area contributed by atoms with Crippen molar-refractivity contribution in [3.63, 3.8) is 0 Å². The van der Waals surface area contributed by atoms with E-state index in [0.29, 0.717) is 40.0 Å². The van der Waals surface area contributed by atoms with Gasteiger partial charge in [-0.2, -0.15) is 8.78 Å². The Morgan fingerprint density at radius 2 is 1.85 bits per heavy atom. The normalized spacial score (nSPS) is 20.9. The highest BCUT2D eigenvalue weighted by Gasteiger charge is 2.51. The van der Waals surface area contributed by atoms with Gasteiger partial charge in [0.25, 0.3) is 5.91 Å². The predicted molar refractivity (Wildman–Crippen MR) is 131 cm³/mol. The zero-order valence-corrected chi connectivity index (χ0v) is 20.8. The van der Waals surface area contributed by atoms with Gasteiger partial charge in [-0.25, -0.2) is 15.0 Å². The molecular weight excluding hydrogens is 555 g/mol. The Balaban J connectivity index is 1.22. The molecule has 1 saturated heterocycles. The average molecular weight is 574 g/mol. The van der Waals surface area contributed by atoms with Gasteiger partial charge in [-0.3, -0.25) is 9.53 Å². The summed E-state index contributed by atoms with van der Waals surface area (Å²) in [6.07, 6.45) is -1.57. The molecule has 0 aliphatic carbocycles. The minimum Gasteiger partial charge on any atom is -0.434 e. The molecular formula is C26H19F5N6O4. The molecule has 15 heteroatoms. The quantitative estimate of drug-likeness (QED) is 0.273. The second kappa shape index (κ2) is 8.81. The Hall–Kier alpha value is -4.37. The number of rotatable bonds is 5. The van der Waals surface area contributed by atoms with Crippen LogP contribution in [0.2, 0.25) is 0 Å². The largest absolute Gasteiger partial charge is 0.525 e. The third-order valence-corrected chi connectivity index (χ3v) is 7.40. The number of hydrogen-bond acceptors (Lipinski definition) is 8. The first-order valence-electron chi connectivity index (χ1n) is 12.5. The Labute approximate surface area is 227 Å². The molecule has 212 valence electrons. The second-order valence-electron chi connectivity index (χ2n) is 10.0. The lowest BCUT2D eigenvalue weighted by atomic mass is 9.97. The number of hydrogen-bond donors (Lipinski definition) is 2. The molecule has 0 radical (unpaired) electrons. The molecule has 0 spiro atoms. The number of nitrogens with one attached hydrogen (secondary N) is 1. The molecule has 0 saturated carbocycles. The number of alkyl halides is 5. The lowest BCUT2D eigenvalue weighted by Crippen LogP contribution is -2.65. The third kappa shape index (κ3) is 4.32. The van der Waals surface area contributed by atoms with Crippen LogP contribution in [0.4, 0.5) is 27.9 Å². The minimum absolute atomic E-state index is 0.0772. The van der Waals surface area contributed by atoms with E-state index in [-0.39, 0.29) is 17.3 Å². The van der Waals surface area contributed by atoms with Crippen molar-refractivity contribution < 1.29 is 41.3 Å². The maximum absolute atomic E-state index is 13.2. The maximum Gasteiger partial charge on any atom is 0.525 e. The highest BCUT2D eigenvalue weighted by atomic mass is 19.4. The number of carbonyl (C=O) groups is 1. The molecule has 3 aliphatic rings. The molecule has 1 amide bonds. The second-order valence-corrected chi connectivity index (χ2v) is 10.0. The fraction of sp³-hybridized carbons (Fsp3) is 0.308. The van der Waals surface area contributed by atoms with Crippen molar-refractivity contribution in [2.45, 2.75) is 37.3 Å². The van der Waals surface area contributed by atoms with Crippen LogP contribution in [-0.4, -0.2) is 62.4 Å². The number of aliphatic hydroxyl groups is 1. The van der Waals surface area contributed by atoms with Crippen molar-refractivity contribution >= 4 is 22.9 Å². The van der Waals surface area contributed by atoms with Crippen molar-refractivity contribution in [3.8, 4) is 16.9 Å². The third-order valence-electron chi connectivity index (χ3n) is 7.40. The van der Waals surface area contributed by atoms with Crippen LogP contribution in [0.1, 0.15) is 40.3 Å².